The number of anilines is 1. The standard InChI is InChI=1S/C22H29N3O4S/c1-4-7-18(8-5-2)23-24-22(26)17-9-11-19(12-10-17)25-30(27,28)21-15-13-20(14-16-21)29-6-3/h9-16,25H,4-8H2,1-3H3,(H,24,26). The fourth-order valence-electron chi connectivity index (χ4n) is 2.79. The largest absolute Gasteiger partial charge is 0.494 e. The van der Waals surface area contributed by atoms with E-state index >= 15 is 0 Å². The number of rotatable bonds is 11. The van der Waals surface area contributed by atoms with E-state index in [0.29, 0.717) is 23.6 Å². The number of hydrogen-bond donors (Lipinski definition) is 2. The van der Waals surface area contributed by atoms with Crippen molar-refractivity contribution in [1.82, 2.24) is 5.43 Å². The molecule has 0 spiro atoms. The molecule has 0 heterocycles. The van der Waals surface area contributed by atoms with Crippen molar-refractivity contribution in [3.63, 3.8) is 0 Å². The van der Waals surface area contributed by atoms with Crippen LogP contribution in [0.1, 0.15) is 56.8 Å². The molecule has 0 unspecified atom stereocenters. The number of amides is 1. The average molecular weight is 432 g/mol. The molecule has 0 bridgehead atoms. The van der Waals surface area contributed by atoms with Gasteiger partial charge in [-0.15, -0.1) is 0 Å². The van der Waals surface area contributed by atoms with Crippen molar-refractivity contribution in [2.24, 2.45) is 5.10 Å². The minimum absolute atomic E-state index is 0.126. The van der Waals surface area contributed by atoms with Crippen molar-refractivity contribution in [3.8, 4) is 5.75 Å². The molecule has 0 aliphatic rings. The van der Waals surface area contributed by atoms with Crippen LogP contribution < -0.4 is 14.9 Å². The summed E-state index contributed by atoms with van der Waals surface area (Å²) in [4.78, 5) is 12.4. The van der Waals surface area contributed by atoms with Gasteiger partial charge in [0.2, 0.25) is 0 Å². The van der Waals surface area contributed by atoms with E-state index in [9.17, 15) is 13.2 Å². The topological polar surface area (TPSA) is 96.9 Å². The van der Waals surface area contributed by atoms with Gasteiger partial charge in [-0.3, -0.25) is 9.52 Å². The summed E-state index contributed by atoms with van der Waals surface area (Å²) in [6.07, 6.45) is 3.64. The van der Waals surface area contributed by atoms with Crippen LogP contribution in [-0.2, 0) is 10.0 Å². The number of nitrogens with one attached hydrogen (secondary N) is 2. The molecule has 7 nitrogen and oxygen atoms in total. The first-order valence-electron chi connectivity index (χ1n) is 10.1. The summed E-state index contributed by atoms with van der Waals surface area (Å²) in [6.45, 7) is 6.51. The van der Waals surface area contributed by atoms with Gasteiger partial charge in [-0.25, -0.2) is 13.8 Å². The second kappa shape index (κ2) is 11.3. The van der Waals surface area contributed by atoms with Crippen LogP contribution in [0.2, 0.25) is 0 Å². The second-order valence-electron chi connectivity index (χ2n) is 6.71. The van der Waals surface area contributed by atoms with Gasteiger partial charge in [0.15, 0.2) is 0 Å². The van der Waals surface area contributed by atoms with Gasteiger partial charge in [-0.05, 0) is 68.3 Å². The summed E-state index contributed by atoms with van der Waals surface area (Å²) in [5, 5.41) is 4.22. The minimum Gasteiger partial charge on any atom is -0.494 e. The second-order valence-corrected chi connectivity index (χ2v) is 8.39. The molecule has 2 N–H and O–H groups in total. The SMILES string of the molecule is CCCC(CCC)=NNC(=O)c1ccc(NS(=O)(=O)c2ccc(OCC)cc2)cc1. The third kappa shape index (κ3) is 6.88. The molecule has 0 aliphatic heterocycles. The van der Waals surface area contributed by atoms with E-state index in [1.54, 1.807) is 36.4 Å². The van der Waals surface area contributed by atoms with Crippen molar-refractivity contribution in [1.29, 1.82) is 0 Å². The molecule has 2 aromatic carbocycles. The maximum absolute atomic E-state index is 12.5. The van der Waals surface area contributed by atoms with Crippen molar-refractivity contribution >= 4 is 27.3 Å². The zero-order chi connectivity index (χ0) is 22.0. The van der Waals surface area contributed by atoms with Gasteiger partial charge in [-0.1, -0.05) is 26.7 Å². The lowest BCUT2D eigenvalue weighted by atomic mass is 10.1. The molecule has 162 valence electrons. The van der Waals surface area contributed by atoms with Gasteiger partial charge in [0.1, 0.15) is 5.75 Å². The number of nitrogens with zero attached hydrogens (tertiary/aromatic N) is 1. The molecule has 0 saturated carbocycles. The van der Waals surface area contributed by atoms with E-state index in [-0.39, 0.29) is 10.8 Å². The van der Waals surface area contributed by atoms with E-state index < -0.39 is 10.0 Å². The maximum Gasteiger partial charge on any atom is 0.271 e. The molecule has 0 atom stereocenters. The average Bonchev–Trinajstić information content (AvgIpc) is 2.73. The Morgan fingerprint density at radius 3 is 2.07 bits per heavy atom. The molecule has 0 fully saturated rings. The van der Waals surface area contributed by atoms with E-state index in [0.717, 1.165) is 31.4 Å². The van der Waals surface area contributed by atoms with Crippen LogP contribution in [0.5, 0.6) is 5.75 Å². The summed E-state index contributed by atoms with van der Waals surface area (Å²) in [5.41, 5.74) is 4.30. The molecule has 8 heteroatoms. The third-order valence-corrected chi connectivity index (χ3v) is 5.63. The summed E-state index contributed by atoms with van der Waals surface area (Å²) >= 11 is 0. The zero-order valence-electron chi connectivity index (χ0n) is 17.6. The van der Waals surface area contributed by atoms with Crippen molar-refractivity contribution < 1.29 is 17.9 Å². The third-order valence-electron chi connectivity index (χ3n) is 4.24. The number of carbonyl (C=O) groups excluding carboxylic acids is 1. The Morgan fingerprint density at radius 2 is 1.53 bits per heavy atom. The van der Waals surface area contributed by atoms with Crippen LogP contribution in [0, 0.1) is 0 Å². The normalized spacial score (nSPS) is 10.9. The Bertz CT molecular complexity index is 945. The Labute approximate surface area is 178 Å². The lowest BCUT2D eigenvalue weighted by Gasteiger charge is -2.10. The van der Waals surface area contributed by atoms with E-state index in [1.165, 1.54) is 12.1 Å². The van der Waals surface area contributed by atoms with Gasteiger partial charge in [0.25, 0.3) is 15.9 Å². The van der Waals surface area contributed by atoms with Crippen LogP contribution in [0.4, 0.5) is 5.69 Å². The van der Waals surface area contributed by atoms with Gasteiger partial charge in [0, 0.05) is 17.0 Å². The molecule has 0 radical (unpaired) electrons. The van der Waals surface area contributed by atoms with Gasteiger partial charge < -0.3 is 4.74 Å². The molecule has 0 aromatic heterocycles. The van der Waals surface area contributed by atoms with Gasteiger partial charge in [-0.2, -0.15) is 5.10 Å². The molecule has 30 heavy (non-hydrogen) atoms. The van der Waals surface area contributed by atoms with E-state index in [4.69, 9.17) is 4.74 Å². The number of hydrogen-bond acceptors (Lipinski definition) is 5. The first-order valence-corrected chi connectivity index (χ1v) is 11.6. The van der Waals surface area contributed by atoms with Crippen LogP contribution in [0.3, 0.4) is 0 Å². The zero-order valence-corrected chi connectivity index (χ0v) is 18.5. The van der Waals surface area contributed by atoms with E-state index in [2.05, 4.69) is 29.1 Å². The summed E-state index contributed by atoms with van der Waals surface area (Å²) < 4.78 is 32.9. The maximum atomic E-state index is 12.5. The Kier molecular flexibility index (Phi) is 8.86. The number of sulfonamides is 1. The first-order chi connectivity index (χ1) is 14.4. The minimum atomic E-state index is -3.74. The molecule has 2 aromatic rings. The highest BCUT2D eigenvalue weighted by molar-refractivity contribution is 7.92. The monoisotopic (exact) mass is 431 g/mol. The van der Waals surface area contributed by atoms with Crippen molar-refractivity contribution in [3.05, 3.63) is 54.1 Å². The van der Waals surface area contributed by atoms with Crippen LogP contribution >= 0.6 is 0 Å². The van der Waals surface area contributed by atoms with E-state index in [1.807, 2.05) is 6.92 Å². The molecule has 0 aliphatic carbocycles. The molecule has 2 rings (SSSR count). The Balaban J connectivity index is 2.04. The van der Waals surface area contributed by atoms with Crippen LogP contribution in [0.15, 0.2) is 58.5 Å². The summed E-state index contributed by atoms with van der Waals surface area (Å²) in [7, 11) is -3.74. The summed E-state index contributed by atoms with van der Waals surface area (Å²) in [6, 6.07) is 12.4. The fourth-order valence-corrected chi connectivity index (χ4v) is 3.85. The van der Waals surface area contributed by atoms with Crippen LogP contribution in [0.25, 0.3) is 0 Å². The highest BCUT2D eigenvalue weighted by Gasteiger charge is 2.15. The quantitative estimate of drug-likeness (QED) is 0.402. The number of carbonyl (C=O) groups is 1. The Morgan fingerprint density at radius 1 is 0.933 bits per heavy atom. The smallest absolute Gasteiger partial charge is 0.271 e. The highest BCUT2D eigenvalue weighted by atomic mass is 32.2. The number of hydrazone groups is 1. The highest BCUT2D eigenvalue weighted by Crippen LogP contribution is 2.19. The molecular weight excluding hydrogens is 402 g/mol. The number of benzene rings is 2. The summed E-state index contributed by atoms with van der Waals surface area (Å²) in [5.74, 6) is 0.274. The predicted molar refractivity (Wildman–Crippen MR) is 120 cm³/mol. The lowest BCUT2D eigenvalue weighted by Crippen LogP contribution is -2.20. The van der Waals surface area contributed by atoms with Crippen molar-refractivity contribution in [2.45, 2.75) is 51.3 Å². The van der Waals surface area contributed by atoms with Crippen LogP contribution in [-0.4, -0.2) is 26.6 Å². The molecule has 0 saturated heterocycles. The Hall–Kier alpha value is -2.87. The lowest BCUT2D eigenvalue weighted by molar-refractivity contribution is 0.0954. The van der Waals surface area contributed by atoms with Crippen molar-refractivity contribution in [2.75, 3.05) is 11.3 Å². The fraction of sp³-hybridized carbons (Fsp3) is 0.364. The predicted octanol–water partition coefficient (Wildman–Crippen LogP) is 4.57. The molecular formula is C22H29N3O4S. The number of ether oxygens (including phenoxy) is 1. The molecule has 1 amide bonds. The van der Waals surface area contributed by atoms with Gasteiger partial charge in [0.05, 0.1) is 11.5 Å². The first kappa shape index (κ1) is 23.4. The van der Waals surface area contributed by atoms with Gasteiger partial charge >= 0.3 is 0 Å².